The number of ether oxygens (including phenoxy) is 1. The molecule has 2 rings (SSSR count). The average Bonchev–Trinajstić information content (AvgIpc) is 2.38. The van der Waals surface area contributed by atoms with E-state index in [9.17, 15) is 8.78 Å². The maximum absolute atomic E-state index is 13.4. The van der Waals surface area contributed by atoms with Crippen LogP contribution in [0.1, 0.15) is 11.1 Å². The number of alkyl halides is 1. The van der Waals surface area contributed by atoms with Crippen molar-refractivity contribution in [2.75, 3.05) is 0 Å². The van der Waals surface area contributed by atoms with Crippen LogP contribution in [0, 0.1) is 11.6 Å². The van der Waals surface area contributed by atoms with Crippen LogP contribution < -0.4 is 4.74 Å². The van der Waals surface area contributed by atoms with Crippen LogP contribution in [-0.2, 0) is 11.9 Å². The second-order valence-electron chi connectivity index (χ2n) is 3.73. The Kier molecular flexibility index (Phi) is 4.31. The van der Waals surface area contributed by atoms with Crippen LogP contribution in [0.25, 0.3) is 0 Å². The van der Waals surface area contributed by atoms with Gasteiger partial charge in [-0.1, -0.05) is 40.2 Å². The van der Waals surface area contributed by atoms with Crippen molar-refractivity contribution in [2.24, 2.45) is 0 Å². The van der Waals surface area contributed by atoms with Gasteiger partial charge >= 0.3 is 0 Å². The molecule has 94 valence electrons. The van der Waals surface area contributed by atoms with Crippen molar-refractivity contribution in [3.63, 3.8) is 0 Å². The number of hydrogen-bond donors (Lipinski definition) is 0. The van der Waals surface area contributed by atoms with Gasteiger partial charge in [0.1, 0.15) is 24.0 Å². The summed E-state index contributed by atoms with van der Waals surface area (Å²) in [6.07, 6.45) is 0. The molecule has 4 heteroatoms. The van der Waals surface area contributed by atoms with Crippen molar-refractivity contribution in [3.8, 4) is 5.75 Å². The van der Waals surface area contributed by atoms with Crippen molar-refractivity contribution in [1.29, 1.82) is 0 Å². The molecule has 0 aliphatic rings. The molecule has 0 saturated heterocycles. The Labute approximate surface area is 113 Å². The minimum absolute atomic E-state index is 0.0538. The van der Waals surface area contributed by atoms with Crippen LogP contribution in [0.4, 0.5) is 8.78 Å². The number of para-hydroxylation sites is 1. The molecule has 0 aliphatic carbocycles. The summed E-state index contributed by atoms with van der Waals surface area (Å²) in [5.41, 5.74) is 0.885. The lowest BCUT2D eigenvalue weighted by atomic mass is 10.2. The van der Waals surface area contributed by atoms with E-state index in [-0.39, 0.29) is 12.2 Å². The van der Waals surface area contributed by atoms with E-state index >= 15 is 0 Å². The van der Waals surface area contributed by atoms with Crippen LogP contribution in [0.15, 0.2) is 42.5 Å². The van der Waals surface area contributed by atoms with Crippen molar-refractivity contribution in [3.05, 3.63) is 65.2 Å². The van der Waals surface area contributed by atoms with Crippen LogP contribution in [0.3, 0.4) is 0 Å². The van der Waals surface area contributed by atoms with E-state index < -0.39 is 11.6 Å². The fraction of sp³-hybridized carbons (Fsp3) is 0.143. The largest absolute Gasteiger partial charge is 0.488 e. The minimum atomic E-state index is -0.591. The zero-order chi connectivity index (χ0) is 13.0. The first-order valence-corrected chi connectivity index (χ1v) is 6.54. The molecule has 0 aromatic heterocycles. The summed E-state index contributed by atoms with van der Waals surface area (Å²) < 4.78 is 32.3. The number of halogens is 3. The lowest BCUT2D eigenvalue weighted by Gasteiger charge is -2.10. The molecule has 2 aromatic carbocycles. The maximum atomic E-state index is 13.4. The normalized spacial score (nSPS) is 10.4. The Bertz CT molecular complexity index is 523. The molecule has 18 heavy (non-hydrogen) atoms. The summed E-state index contributed by atoms with van der Waals surface area (Å²) in [4.78, 5) is 0. The Balaban J connectivity index is 2.16. The summed E-state index contributed by atoms with van der Waals surface area (Å²) in [5.74, 6) is -0.560. The van der Waals surface area contributed by atoms with Crippen molar-refractivity contribution in [2.45, 2.75) is 11.9 Å². The van der Waals surface area contributed by atoms with Gasteiger partial charge in [-0.25, -0.2) is 8.78 Å². The molecular formula is C14H11BrF2O. The van der Waals surface area contributed by atoms with Gasteiger partial charge < -0.3 is 4.74 Å². The minimum Gasteiger partial charge on any atom is -0.488 e. The van der Waals surface area contributed by atoms with Gasteiger partial charge in [0.15, 0.2) is 0 Å². The standard InChI is InChI=1S/C14H11BrF2O/c15-8-10-4-1-2-7-14(10)18-9-11-12(16)5-3-6-13(11)17/h1-7H,8-9H2. The highest BCUT2D eigenvalue weighted by atomic mass is 79.9. The number of hydrogen-bond acceptors (Lipinski definition) is 1. The molecule has 0 amide bonds. The molecule has 0 atom stereocenters. The van der Waals surface area contributed by atoms with Crippen molar-refractivity contribution < 1.29 is 13.5 Å². The van der Waals surface area contributed by atoms with E-state index in [4.69, 9.17) is 4.74 Å². The van der Waals surface area contributed by atoms with Crippen LogP contribution in [0.5, 0.6) is 5.75 Å². The SMILES string of the molecule is Fc1cccc(F)c1COc1ccccc1CBr. The first kappa shape index (κ1) is 13.0. The molecule has 2 aromatic rings. The smallest absolute Gasteiger partial charge is 0.132 e. The predicted octanol–water partition coefficient (Wildman–Crippen LogP) is 4.44. The molecule has 0 bridgehead atoms. The van der Waals surface area contributed by atoms with Gasteiger partial charge in [0, 0.05) is 10.9 Å². The molecule has 1 nitrogen and oxygen atoms in total. The van der Waals surface area contributed by atoms with Gasteiger partial charge in [-0.3, -0.25) is 0 Å². The second-order valence-corrected chi connectivity index (χ2v) is 4.29. The highest BCUT2D eigenvalue weighted by Gasteiger charge is 2.10. The van der Waals surface area contributed by atoms with Gasteiger partial charge in [-0.2, -0.15) is 0 Å². The first-order valence-electron chi connectivity index (χ1n) is 5.42. The lowest BCUT2D eigenvalue weighted by Crippen LogP contribution is -2.02. The maximum Gasteiger partial charge on any atom is 0.132 e. The quantitative estimate of drug-likeness (QED) is 0.758. The second kappa shape index (κ2) is 5.96. The highest BCUT2D eigenvalue weighted by Crippen LogP contribution is 2.22. The molecule has 0 aliphatic heterocycles. The van der Waals surface area contributed by atoms with Crippen LogP contribution in [0.2, 0.25) is 0 Å². The third kappa shape index (κ3) is 2.88. The third-order valence-electron chi connectivity index (χ3n) is 2.55. The van der Waals surface area contributed by atoms with Crippen LogP contribution in [-0.4, -0.2) is 0 Å². The fourth-order valence-corrected chi connectivity index (χ4v) is 2.04. The molecule has 0 heterocycles. The van der Waals surface area contributed by atoms with Crippen LogP contribution >= 0.6 is 15.9 Å². The summed E-state index contributed by atoms with van der Waals surface area (Å²) in [6, 6.07) is 11.1. The van der Waals surface area contributed by atoms with Gasteiger partial charge in [0.25, 0.3) is 0 Å². The van der Waals surface area contributed by atoms with E-state index in [0.29, 0.717) is 11.1 Å². The molecule has 0 fully saturated rings. The lowest BCUT2D eigenvalue weighted by molar-refractivity contribution is 0.290. The van der Waals surface area contributed by atoms with Gasteiger partial charge in [-0.15, -0.1) is 0 Å². The average molecular weight is 313 g/mol. The summed E-state index contributed by atoms with van der Waals surface area (Å²) in [6.45, 7) is -0.123. The third-order valence-corrected chi connectivity index (χ3v) is 3.15. The molecule has 0 spiro atoms. The molecule has 0 unspecified atom stereocenters. The topological polar surface area (TPSA) is 9.23 Å². The monoisotopic (exact) mass is 312 g/mol. The zero-order valence-electron chi connectivity index (χ0n) is 9.50. The summed E-state index contributed by atoms with van der Waals surface area (Å²) in [5, 5.41) is 0.628. The molecule has 0 radical (unpaired) electrons. The number of rotatable bonds is 4. The van der Waals surface area contributed by atoms with E-state index in [0.717, 1.165) is 5.56 Å². The fourth-order valence-electron chi connectivity index (χ4n) is 1.58. The van der Waals surface area contributed by atoms with E-state index in [1.165, 1.54) is 18.2 Å². The summed E-state index contributed by atoms with van der Waals surface area (Å²) in [7, 11) is 0. The zero-order valence-corrected chi connectivity index (χ0v) is 11.1. The van der Waals surface area contributed by atoms with E-state index in [1.807, 2.05) is 18.2 Å². The van der Waals surface area contributed by atoms with E-state index in [2.05, 4.69) is 15.9 Å². The Morgan fingerprint density at radius 1 is 0.944 bits per heavy atom. The molecular weight excluding hydrogens is 302 g/mol. The summed E-state index contributed by atoms with van der Waals surface area (Å²) >= 11 is 3.34. The van der Waals surface area contributed by atoms with E-state index in [1.54, 1.807) is 6.07 Å². The molecule has 0 N–H and O–H groups in total. The van der Waals surface area contributed by atoms with Gasteiger partial charge in [0.05, 0.1) is 5.56 Å². The Hall–Kier alpha value is -1.42. The van der Waals surface area contributed by atoms with Gasteiger partial charge in [0.2, 0.25) is 0 Å². The van der Waals surface area contributed by atoms with Crippen molar-refractivity contribution >= 4 is 15.9 Å². The Morgan fingerprint density at radius 2 is 1.61 bits per heavy atom. The highest BCUT2D eigenvalue weighted by molar-refractivity contribution is 9.08. The molecule has 0 saturated carbocycles. The number of benzene rings is 2. The van der Waals surface area contributed by atoms with Gasteiger partial charge in [-0.05, 0) is 18.2 Å². The first-order chi connectivity index (χ1) is 8.72. The predicted molar refractivity (Wildman–Crippen MR) is 69.8 cm³/mol. The van der Waals surface area contributed by atoms with Crippen molar-refractivity contribution in [1.82, 2.24) is 0 Å². The Morgan fingerprint density at radius 3 is 2.28 bits per heavy atom.